The second kappa shape index (κ2) is 7.84. The Morgan fingerprint density at radius 2 is 1.84 bits per heavy atom. The molecule has 6 aliphatic heterocycles. The normalized spacial score (nSPS) is 34.3. The van der Waals surface area contributed by atoms with Gasteiger partial charge in [0.2, 0.25) is 5.91 Å². The number of nitrogens with one attached hydrogen (secondary N) is 1. The molecule has 6 aliphatic rings. The maximum atomic E-state index is 13.8. The zero-order chi connectivity index (χ0) is 25.5. The molecule has 8 rings (SSSR count). The van der Waals surface area contributed by atoms with E-state index in [1.54, 1.807) is 6.08 Å². The molecule has 190 valence electrons. The molecule has 0 saturated carbocycles. The van der Waals surface area contributed by atoms with Crippen molar-refractivity contribution in [2.24, 2.45) is 0 Å². The average molecular weight is 493 g/mol. The van der Waals surface area contributed by atoms with Gasteiger partial charge >= 0.3 is 0 Å². The Kier molecular flexibility index (Phi) is 4.85. The maximum absolute atomic E-state index is 13.8. The molecule has 2 fully saturated rings. The van der Waals surface area contributed by atoms with Crippen LogP contribution in [0.25, 0.3) is 0 Å². The van der Waals surface area contributed by atoms with Crippen LogP contribution in [0.2, 0.25) is 0 Å². The quantitative estimate of drug-likeness (QED) is 0.350. The van der Waals surface area contributed by atoms with Crippen molar-refractivity contribution in [2.45, 2.75) is 62.8 Å². The molecule has 0 radical (unpaired) electrons. The fourth-order valence-corrected chi connectivity index (χ4v) is 8.73. The lowest BCUT2D eigenvalue weighted by Gasteiger charge is -2.62. The predicted molar refractivity (Wildman–Crippen MR) is 150 cm³/mol. The van der Waals surface area contributed by atoms with Crippen LogP contribution in [-0.4, -0.2) is 48.2 Å². The summed E-state index contributed by atoms with van der Waals surface area (Å²) < 4.78 is 0. The third kappa shape index (κ3) is 2.65. The minimum absolute atomic E-state index is 0.0119. The number of carbonyl (C=O) groups excluding carboxylic acids is 1. The first-order valence-corrected chi connectivity index (χ1v) is 13.7. The fourth-order valence-electron chi connectivity index (χ4n) is 8.73. The van der Waals surface area contributed by atoms with Gasteiger partial charge in [-0.1, -0.05) is 60.2 Å². The molecule has 1 amide bonds. The molecule has 2 saturated heterocycles. The Hall–Kier alpha value is -3.31. The number of anilines is 2. The number of allylic oxidation sites excluding steroid dienone is 4. The zero-order valence-corrected chi connectivity index (χ0v) is 22.2. The molecule has 0 aromatic heterocycles. The van der Waals surface area contributed by atoms with Crippen LogP contribution < -0.4 is 10.2 Å². The Morgan fingerprint density at radius 3 is 2.65 bits per heavy atom. The molecular formula is C32H36N4O. The topological polar surface area (TPSA) is 38.8 Å². The van der Waals surface area contributed by atoms with Crippen molar-refractivity contribution < 1.29 is 4.79 Å². The van der Waals surface area contributed by atoms with E-state index in [9.17, 15) is 4.79 Å². The molecule has 2 aromatic rings. The lowest BCUT2D eigenvalue weighted by Crippen LogP contribution is -2.72. The summed E-state index contributed by atoms with van der Waals surface area (Å²) in [6.45, 7) is 8.12. The number of hydrogen-bond acceptors (Lipinski definition) is 4. The summed E-state index contributed by atoms with van der Waals surface area (Å²) in [4.78, 5) is 21.2. The number of piperidine rings is 1. The monoisotopic (exact) mass is 492 g/mol. The van der Waals surface area contributed by atoms with Gasteiger partial charge in [-0.15, -0.1) is 0 Å². The van der Waals surface area contributed by atoms with Crippen LogP contribution >= 0.6 is 0 Å². The van der Waals surface area contributed by atoms with Crippen LogP contribution in [0, 0.1) is 0 Å². The second-order valence-corrected chi connectivity index (χ2v) is 11.6. The van der Waals surface area contributed by atoms with E-state index in [1.165, 1.54) is 33.6 Å². The number of carbonyl (C=O) groups is 1. The van der Waals surface area contributed by atoms with Gasteiger partial charge in [0.15, 0.2) is 0 Å². The number of fused-ring (bicyclic) bond motifs is 2. The van der Waals surface area contributed by atoms with E-state index in [-0.39, 0.29) is 35.1 Å². The van der Waals surface area contributed by atoms with Crippen molar-refractivity contribution in [1.82, 2.24) is 9.80 Å². The minimum atomic E-state index is -0.193. The Labute approximate surface area is 220 Å². The van der Waals surface area contributed by atoms with Gasteiger partial charge in [0.25, 0.3) is 0 Å². The lowest BCUT2D eigenvalue weighted by atomic mass is 9.50. The standard InChI is InChI=1S/C32H36N4O/c1-5-6-7-15-27(37)36-19-16-31-23-12-8-9-13-24(23)33-29-32(31)17-18-35(30(31)36)26(20-21(2)3)22-11-10-14-25(28(22)32)34(29)4/h5-15,20,26,29-30,33H,16-19H2,1-4H3/b6-5+,15-7+/t26-,29-,30+,31+,32+/m1/s1. The van der Waals surface area contributed by atoms with Gasteiger partial charge in [-0.25, -0.2) is 0 Å². The summed E-state index contributed by atoms with van der Waals surface area (Å²) in [5, 5.41) is 4.01. The van der Waals surface area contributed by atoms with Gasteiger partial charge < -0.3 is 15.1 Å². The number of rotatable bonds is 3. The summed E-state index contributed by atoms with van der Waals surface area (Å²) in [5.74, 6) is 0.114. The molecule has 2 aromatic carbocycles. The number of amides is 1. The molecule has 2 spiro atoms. The summed E-state index contributed by atoms with van der Waals surface area (Å²) in [5.41, 5.74) is 7.87. The van der Waals surface area contributed by atoms with Crippen LogP contribution in [0.1, 0.15) is 56.3 Å². The molecule has 2 bridgehead atoms. The van der Waals surface area contributed by atoms with Gasteiger partial charge in [-0.05, 0) is 62.4 Å². The van der Waals surface area contributed by atoms with Crippen molar-refractivity contribution >= 4 is 17.3 Å². The van der Waals surface area contributed by atoms with Gasteiger partial charge in [-0.2, -0.15) is 0 Å². The van der Waals surface area contributed by atoms with E-state index in [0.717, 1.165) is 25.9 Å². The van der Waals surface area contributed by atoms with E-state index < -0.39 is 0 Å². The second-order valence-electron chi connectivity index (χ2n) is 11.6. The van der Waals surface area contributed by atoms with Gasteiger partial charge in [0, 0.05) is 43.0 Å². The average Bonchev–Trinajstić information content (AvgIpc) is 3.34. The Bertz CT molecular complexity index is 1390. The molecule has 0 aliphatic carbocycles. The van der Waals surface area contributed by atoms with Crippen molar-refractivity contribution in [3.05, 3.63) is 95.1 Å². The summed E-state index contributed by atoms with van der Waals surface area (Å²) in [6.07, 6.45) is 12.2. The highest BCUT2D eigenvalue weighted by Crippen LogP contribution is 2.71. The number of hydrogen-bond donors (Lipinski definition) is 1. The number of likely N-dealkylation sites (N-methyl/N-ethyl adjacent to an activating group) is 1. The molecule has 5 heteroatoms. The first-order chi connectivity index (χ1) is 18.0. The molecule has 1 N–H and O–H groups in total. The molecule has 37 heavy (non-hydrogen) atoms. The highest BCUT2D eigenvalue weighted by molar-refractivity contribution is 5.89. The molecule has 1 unspecified atom stereocenters. The lowest BCUT2D eigenvalue weighted by molar-refractivity contribution is -0.136. The van der Waals surface area contributed by atoms with Gasteiger partial charge in [0.1, 0.15) is 6.17 Å². The predicted octanol–water partition coefficient (Wildman–Crippen LogP) is 5.48. The zero-order valence-electron chi connectivity index (χ0n) is 22.2. The van der Waals surface area contributed by atoms with Crippen LogP contribution in [-0.2, 0) is 15.6 Å². The summed E-state index contributed by atoms with van der Waals surface area (Å²) >= 11 is 0. The Balaban J connectivity index is 1.56. The first-order valence-electron chi connectivity index (χ1n) is 13.7. The van der Waals surface area contributed by atoms with E-state index in [0.29, 0.717) is 0 Å². The third-order valence-corrected chi connectivity index (χ3v) is 9.80. The first kappa shape index (κ1) is 22.9. The largest absolute Gasteiger partial charge is 0.364 e. The summed E-state index contributed by atoms with van der Waals surface area (Å²) in [6, 6.07) is 15.9. The maximum Gasteiger partial charge on any atom is 0.247 e. The third-order valence-electron chi connectivity index (χ3n) is 9.80. The molecule has 6 heterocycles. The van der Waals surface area contributed by atoms with Crippen molar-refractivity contribution in [3.63, 3.8) is 0 Å². The molecular weight excluding hydrogens is 456 g/mol. The van der Waals surface area contributed by atoms with Gasteiger partial charge in [0.05, 0.1) is 17.6 Å². The molecule has 6 atom stereocenters. The highest BCUT2D eigenvalue weighted by atomic mass is 16.2. The van der Waals surface area contributed by atoms with E-state index in [4.69, 9.17) is 0 Å². The number of para-hydroxylation sites is 1. The number of nitrogens with zero attached hydrogens (tertiary/aromatic N) is 3. The minimum Gasteiger partial charge on any atom is -0.364 e. The van der Waals surface area contributed by atoms with Gasteiger partial charge in [-0.3, -0.25) is 9.69 Å². The summed E-state index contributed by atoms with van der Waals surface area (Å²) in [7, 11) is 2.26. The van der Waals surface area contributed by atoms with E-state index in [2.05, 4.69) is 89.5 Å². The smallest absolute Gasteiger partial charge is 0.247 e. The van der Waals surface area contributed by atoms with Crippen LogP contribution in [0.4, 0.5) is 11.4 Å². The highest BCUT2D eigenvalue weighted by Gasteiger charge is 2.75. The van der Waals surface area contributed by atoms with Crippen molar-refractivity contribution in [2.75, 3.05) is 30.4 Å². The van der Waals surface area contributed by atoms with E-state index in [1.807, 2.05) is 25.2 Å². The van der Waals surface area contributed by atoms with Crippen LogP contribution in [0.15, 0.2) is 78.4 Å². The SMILES string of the molecule is C/C=C/C=C/C(=O)N1CC[C@@]23c4ccccc4N[C@@H]4N(C)c5cccc6c5[C@@]42CCN([C@@H]6C=C(C)C)[C@@H]13. The van der Waals surface area contributed by atoms with Crippen molar-refractivity contribution in [3.8, 4) is 0 Å². The van der Waals surface area contributed by atoms with Crippen molar-refractivity contribution in [1.29, 1.82) is 0 Å². The number of likely N-dealkylation sites (tertiary alicyclic amines) is 1. The molecule has 5 nitrogen and oxygen atoms in total. The number of benzene rings is 2. The van der Waals surface area contributed by atoms with Crippen LogP contribution in [0.3, 0.4) is 0 Å². The Morgan fingerprint density at radius 1 is 1.03 bits per heavy atom. The van der Waals surface area contributed by atoms with Crippen LogP contribution in [0.5, 0.6) is 0 Å². The van der Waals surface area contributed by atoms with E-state index >= 15 is 0 Å². The fraction of sp³-hybridized carbons (Fsp3) is 0.406.